The number of rotatable bonds is 5. The van der Waals surface area contributed by atoms with Gasteiger partial charge in [-0.3, -0.25) is 4.79 Å². The first-order valence-electron chi connectivity index (χ1n) is 6.03. The van der Waals surface area contributed by atoms with Crippen molar-refractivity contribution in [3.8, 4) is 0 Å². The summed E-state index contributed by atoms with van der Waals surface area (Å²) in [5, 5.41) is 0. The van der Waals surface area contributed by atoms with Gasteiger partial charge in [0.15, 0.2) is 5.78 Å². The second kappa shape index (κ2) is 4.39. The highest BCUT2D eigenvalue weighted by molar-refractivity contribution is 5.99. The summed E-state index contributed by atoms with van der Waals surface area (Å²) in [6.45, 7) is 5.09. The molecule has 0 aromatic heterocycles. The molecule has 94 valence electrons. The van der Waals surface area contributed by atoms with Crippen LogP contribution < -0.4 is 0 Å². The molecule has 2 aliphatic carbocycles. The van der Waals surface area contributed by atoms with Gasteiger partial charge in [-0.15, -0.1) is 0 Å². The monoisotopic (exact) mass is 236 g/mol. The summed E-state index contributed by atoms with van der Waals surface area (Å²) >= 11 is 0. The normalized spacial score (nSPS) is 35.2. The number of fused-ring (bicyclic) bond motifs is 2. The molecule has 0 aromatic rings. The summed E-state index contributed by atoms with van der Waals surface area (Å²) in [6, 6.07) is 0. The number of carbonyl (C=O) groups excluding carboxylic acids is 1. The molecule has 0 unspecified atom stereocenters. The van der Waals surface area contributed by atoms with Crippen molar-refractivity contribution < 1.29 is 14.3 Å². The summed E-state index contributed by atoms with van der Waals surface area (Å²) in [5.41, 5.74) is 0.926. The number of hydrogen-bond acceptors (Lipinski definition) is 3. The fourth-order valence-electron chi connectivity index (χ4n) is 2.90. The van der Waals surface area contributed by atoms with Crippen molar-refractivity contribution in [1.29, 1.82) is 0 Å². The van der Waals surface area contributed by atoms with E-state index in [0.717, 1.165) is 12.8 Å². The zero-order valence-corrected chi connectivity index (χ0v) is 10.8. The first-order chi connectivity index (χ1) is 8.02. The van der Waals surface area contributed by atoms with Crippen molar-refractivity contribution >= 4 is 5.78 Å². The van der Waals surface area contributed by atoms with E-state index in [-0.39, 0.29) is 16.6 Å². The summed E-state index contributed by atoms with van der Waals surface area (Å²) in [4.78, 5) is 11.9. The SMILES string of the molecule is COCOCC[C@]12C=CC(=O)[C@](C)(C1)C(C)=C2. The Hall–Kier alpha value is -0.930. The molecule has 2 rings (SSSR count). The van der Waals surface area contributed by atoms with Crippen molar-refractivity contribution in [2.75, 3.05) is 20.5 Å². The molecule has 0 N–H and O–H groups in total. The van der Waals surface area contributed by atoms with Crippen LogP contribution in [0.1, 0.15) is 26.7 Å². The minimum Gasteiger partial charge on any atom is -0.359 e. The molecule has 3 heteroatoms. The van der Waals surface area contributed by atoms with Crippen molar-refractivity contribution in [3.05, 3.63) is 23.8 Å². The molecule has 17 heavy (non-hydrogen) atoms. The van der Waals surface area contributed by atoms with E-state index >= 15 is 0 Å². The fourth-order valence-corrected chi connectivity index (χ4v) is 2.90. The largest absolute Gasteiger partial charge is 0.359 e. The molecule has 0 spiro atoms. The molecule has 0 radical (unpaired) electrons. The van der Waals surface area contributed by atoms with Gasteiger partial charge < -0.3 is 9.47 Å². The lowest BCUT2D eigenvalue weighted by Gasteiger charge is -2.33. The zero-order chi connectivity index (χ0) is 12.5. The van der Waals surface area contributed by atoms with Crippen LogP contribution in [0.3, 0.4) is 0 Å². The maximum atomic E-state index is 11.9. The Bertz CT molecular complexity index is 383. The van der Waals surface area contributed by atoms with Gasteiger partial charge in [0, 0.05) is 12.5 Å². The molecule has 0 aliphatic heterocycles. The second-order valence-electron chi connectivity index (χ2n) is 5.33. The van der Waals surface area contributed by atoms with Gasteiger partial charge in [0.05, 0.1) is 12.0 Å². The zero-order valence-electron chi connectivity index (χ0n) is 10.8. The second-order valence-corrected chi connectivity index (χ2v) is 5.33. The topological polar surface area (TPSA) is 35.5 Å². The first kappa shape index (κ1) is 12.5. The Kier molecular flexibility index (Phi) is 3.23. The number of hydrogen-bond donors (Lipinski definition) is 0. The highest BCUT2D eigenvalue weighted by Gasteiger charge is 2.49. The van der Waals surface area contributed by atoms with Crippen LogP contribution in [0, 0.1) is 10.8 Å². The van der Waals surface area contributed by atoms with Crippen LogP contribution in [0.15, 0.2) is 23.8 Å². The van der Waals surface area contributed by atoms with Crippen LogP contribution in [-0.2, 0) is 14.3 Å². The van der Waals surface area contributed by atoms with Gasteiger partial charge in [0.1, 0.15) is 6.79 Å². The maximum absolute atomic E-state index is 11.9. The van der Waals surface area contributed by atoms with E-state index in [1.54, 1.807) is 13.2 Å². The fraction of sp³-hybridized carbons (Fsp3) is 0.643. The first-order valence-corrected chi connectivity index (χ1v) is 6.03. The van der Waals surface area contributed by atoms with Crippen molar-refractivity contribution in [2.45, 2.75) is 26.7 Å². The molecule has 0 amide bonds. The maximum Gasteiger partial charge on any atom is 0.165 e. The van der Waals surface area contributed by atoms with Gasteiger partial charge in [-0.05, 0) is 32.8 Å². The van der Waals surface area contributed by atoms with Gasteiger partial charge in [0.2, 0.25) is 0 Å². The van der Waals surface area contributed by atoms with Crippen LogP contribution >= 0.6 is 0 Å². The third-order valence-electron chi connectivity index (χ3n) is 4.08. The van der Waals surface area contributed by atoms with Gasteiger partial charge in [-0.25, -0.2) is 0 Å². The Morgan fingerprint density at radius 3 is 2.94 bits per heavy atom. The highest BCUT2D eigenvalue weighted by atomic mass is 16.7. The van der Waals surface area contributed by atoms with Crippen LogP contribution in [0.2, 0.25) is 0 Å². The van der Waals surface area contributed by atoms with Crippen molar-refractivity contribution in [2.24, 2.45) is 10.8 Å². The van der Waals surface area contributed by atoms with Crippen LogP contribution in [0.25, 0.3) is 0 Å². The number of ketones is 1. The number of ether oxygens (including phenoxy) is 2. The van der Waals surface area contributed by atoms with E-state index in [2.05, 4.69) is 13.0 Å². The molecule has 0 fully saturated rings. The van der Waals surface area contributed by atoms with Crippen LogP contribution in [-0.4, -0.2) is 26.3 Å². The average Bonchev–Trinajstić information content (AvgIpc) is 2.51. The Morgan fingerprint density at radius 1 is 1.47 bits per heavy atom. The average molecular weight is 236 g/mol. The molecular weight excluding hydrogens is 216 g/mol. The third kappa shape index (κ3) is 2.09. The predicted octanol–water partition coefficient (Wildman–Crippen LogP) is 2.48. The molecule has 0 saturated carbocycles. The van der Waals surface area contributed by atoms with Gasteiger partial charge in [-0.2, -0.15) is 0 Å². The summed E-state index contributed by atoms with van der Waals surface area (Å²) in [6.07, 6.45) is 7.83. The lowest BCUT2D eigenvalue weighted by molar-refractivity contribution is -0.122. The molecular formula is C14H20O3. The minimum atomic E-state index is -0.282. The summed E-state index contributed by atoms with van der Waals surface area (Å²) in [7, 11) is 1.62. The van der Waals surface area contributed by atoms with E-state index in [0.29, 0.717) is 13.4 Å². The molecule has 0 heterocycles. The molecule has 2 aliphatic rings. The van der Waals surface area contributed by atoms with E-state index in [1.807, 2.05) is 13.0 Å². The number of carbonyl (C=O) groups is 1. The van der Waals surface area contributed by atoms with Crippen LogP contribution in [0.5, 0.6) is 0 Å². The molecule has 3 nitrogen and oxygen atoms in total. The lowest BCUT2D eigenvalue weighted by Crippen LogP contribution is -2.32. The van der Waals surface area contributed by atoms with E-state index in [9.17, 15) is 4.79 Å². The van der Waals surface area contributed by atoms with Crippen molar-refractivity contribution in [1.82, 2.24) is 0 Å². The number of allylic oxidation sites excluding steroid dienone is 4. The summed E-state index contributed by atoms with van der Waals surface area (Å²) < 4.78 is 10.2. The highest BCUT2D eigenvalue weighted by Crippen LogP contribution is 2.54. The van der Waals surface area contributed by atoms with Gasteiger partial charge in [0.25, 0.3) is 0 Å². The van der Waals surface area contributed by atoms with E-state index < -0.39 is 0 Å². The Morgan fingerprint density at radius 2 is 2.24 bits per heavy atom. The van der Waals surface area contributed by atoms with E-state index in [1.165, 1.54) is 5.57 Å². The van der Waals surface area contributed by atoms with Gasteiger partial charge in [-0.1, -0.05) is 17.7 Å². The van der Waals surface area contributed by atoms with E-state index in [4.69, 9.17) is 9.47 Å². The molecule has 2 bridgehead atoms. The number of methoxy groups -OCH3 is 1. The third-order valence-corrected chi connectivity index (χ3v) is 4.08. The molecule has 0 saturated heterocycles. The smallest absolute Gasteiger partial charge is 0.165 e. The van der Waals surface area contributed by atoms with Crippen LogP contribution in [0.4, 0.5) is 0 Å². The quantitative estimate of drug-likeness (QED) is 0.418. The minimum absolute atomic E-state index is 0.0144. The Balaban J connectivity index is 2.07. The molecule has 0 aromatic carbocycles. The molecule has 2 atom stereocenters. The summed E-state index contributed by atoms with van der Waals surface area (Å²) in [5.74, 6) is 0.234. The van der Waals surface area contributed by atoms with Crippen molar-refractivity contribution in [3.63, 3.8) is 0 Å². The lowest BCUT2D eigenvalue weighted by atomic mass is 9.69. The predicted molar refractivity (Wildman–Crippen MR) is 65.5 cm³/mol. The van der Waals surface area contributed by atoms with Gasteiger partial charge >= 0.3 is 0 Å². The Labute approximate surface area is 102 Å². The standard InChI is InChI=1S/C14H20O3/c1-11-8-14(6-7-17-10-16-3)5-4-12(15)13(11,2)9-14/h4-5,8H,6-7,9-10H2,1-3H3/t13-,14+/m1/s1.